The van der Waals surface area contributed by atoms with Crippen molar-refractivity contribution in [1.29, 1.82) is 0 Å². The van der Waals surface area contributed by atoms with E-state index in [1.165, 1.54) is 12.1 Å². The van der Waals surface area contributed by atoms with Crippen LogP contribution in [0.2, 0.25) is 10.0 Å². The summed E-state index contributed by atoms with van der Waals surface area (Å²) in [4.78, 5) is 13.0. The van der Waals surface area contributed by atoms with E-state index in [4.69, 9.17) is 48.8 Å². The van der Waals surface area contributed by atoms with E-state index >= 15 is 0 Å². The van der Waals surface area contributed by atoms with Gasteiger partial charge in [0.1, 0.15) is 5.57 Å². The Hall–Kier alpha value is -0.520. The first-order chi connectivity index (χ1) is 15.4. The average molecular weight is 636 g/mol. The molecule has 0 radical (unpaired) electrons. The summed E-state index contributed by atoms with van der Waals surface area (Å²) in [5.41, 5.74) is -2.01. The zero-order chi connectivity index (χ0) is 25.7. The van der Waals surface area contributed by atoms with Crippen LogP contribution < -0.4 is 0 Å². The fourth-order valence-corrected chi connectivity index (χ4v) is 6.65. The van der Waals surface area contributed by atoms with Crippen molar-refractivity contribution >= 4 is 69.0 Å². The fourth-order valence-electron chi connectivity index (χ4n) is 3.84. The van der Waals surface area contributed by atoms with Crippen LogP contribution in [0.3, 0.4) is 0 Å². The zero-order valence-corrected chi connectivity index (χ0v) is 22.0. The highest BCUT2D eigenvalue weighted by Gasteiger charge is 2.56. The lowest BCUT2D eigenvalue weighted by Crippen LogP contribution is -2.40. The number of rotatable bonds is 5. The highest BCUT2D eigenvalue weighted by Crippen LogP contribution is 2.58. The lowest BCUT2D eigenvalue weighted by Gasteiger charge is -2.38. The van der Waals surface area contributed by atoms with E-state index in [0.29, 0.717) is 4.47 Å². The molecule has 1 unspecified atom stereocenters. The van der Waals surface area contributed by atoms with Crippen molar-refractivity contribution in [3.05, 3.63) is 38.0 Å². The number of esters is 1. The van der Waals surface area contributed by atoms with Crippen molar-refractivity contribution in [2.45, 2.75) is 43.6 Å². The molecule has 2 aliphatic rings. The van der Waals surface area contributed by atoms with Gasteiger partial charge in [-0.1, -0.05) is 39.1 Å². The molecule has 0 saturated heterocycles. The molecule has 0 N–H and O–H groups in total. The summed E-state index contributed by atoms with van der Waals surface area (Å²) in [5, 5.41) is -0.0388. The summed E-state index contributed by atoms with van der Waals surface area (Å²) in [6.45, 7) is -4.29. The molecule has 1 aromatic carbocycles. The molecule has 0 bridgehead atoms. The Labute approximate surface area is 214 Å². The number of halogens is 9. The summed E-state index contributed by atoms with van der Waals surface area (Å²) >= 11 is 20.9. The number of hydrogen-bond donors (Lipinski definition) is 0. The molecule has 190 valence electrons. The monoisotopic (exact) mass is 634 g/mol. The van der Waals surface area contributed by atoms with Crippen molar-refractivity contribution in [1.82, 2.24) is 0 Å². The van der Waals surface area contributed by atoms with Gasteiger partial charge in [-0.15, -0.1) is 0 Å². The highest BCUT2D eigenvalue weighted by molar-refractivity contribution is 9.10. The lowest BCUT2D eigenvalue weighted by atomic mass is 9.77. The molecule has 1 aromatic rings. The minimum atomic E-state index is -4.70. The molecule has 34 heavy (non-hydrogen) atoms. The molecule has 1 aliphatic heterocycles. The number of carbonyl (C=O) groups is 1. The van der Waals surface area contributed by atoms with Crippen molar-refractivity contribution < 1.29 is 44.9 Å². The fraction of sp³-hybridized carbons (Fsp3) is 0.526. The van der Waals surface area contributed by atoms with Gasteiger partial charge in [0.15, 0.2) is 18.0 Å². The third-order valence-corrected chi connectivity index (χ3v) is 8.07. The van der Waals surface area contributed by atoms with Gasteiger partial charge < -0.3 is 13.8 Å². The summed E-state index contributed by atoms with van der Waals surface area (Å²) in [6, 6.07) is 2.82. The van der Waals surface area contributed by atoms with Gasteiger partial charge in [0.05, 0.1) is 16.0 Å². The Morgan fingerprint density at radius 2 is 1.71 bits per heavy atom. The maximum absolute atomic E-state index is 13.2. The number of carbonyl (C=O) groups excluding carboxylic acids is 1. The van der Waals surface area contributed by atoms with Crippen LogP contribution in [0.4, 0.5) is 26.3 Å². The molecular formula is C19H16BrCl2F6O4PS. The summed E-state index contributed by atoms with van der Waals surface area (Å²) < 4.78 is 94.3. The second-order valence-electron chi connectivity index (χ2n) is 7.90. The first-order valence-electron chi connectivity index (χ1n) is 9.62. The first-order valence-corrected chi connectivity index (χ1v) is 14.3. The van der Waals surface area contributed by atoms with Crippen LogP contribution in [0.15, 0.2) is 22.4 Å². The minimum Gasteiger partial charge on any atom is -0.447 e. The van der Waals surface area contributed by atoms with Crippen LogP contribution in [-0.2, 0) is 30.4 Å². The Kier molecular flexibility index (Phi) is 8.04. The summed E-state index contributed by atoms with van der Waals surface area (Å²) in [7, 11) is 0. The van der Waals surface area contributed by atoms with Gasteiger partial charge in [0.25, 0.3) is 0 Å². The van der Waals surface area contributed by atoms with Gasteiger partial charge in [-0.2, -0.15) is 26.3 Å². The molecule has 15 heteroatoms. The van der Waals surface area contributed by atoms with Gasteiger partial charge in [-0.3, -0.25) is 0 Å². The van der Waals surface area contributed by atoms with Gasteiger partial charge in [0.2, 0.25) is 6.49 Å². The predicted molar refractivity (Wildman–Crippen MR) is 121 cm³/mol. The first kappa shape index (κ1) is 28.1. The lowest BCUT2D eigenvalue weighted by molar-refractivity contribution is -0.193. The molecule has 1 atom stereocenters. The van der Waals surface area contributed by atoms with Crippen LogP contribution in [0.5, 0.6) is 0 Å². The van der Waals surface area contributed by atoms with E-state index in [1.807, 2.05) is 0 Å². The quantitative estimate of drug-likeness (QED) is 0.186. The molecule has 3 rings (SSSR count). The summed E-state index contributed by atoms with van der Waals surface area (Å²) in [5.74, 6) is -2.93. The van der Waals surface area contributed by atoms with Gasteiger partial charge in [-0.05, 0) is 49.6 Å². The standard InChI is InChI=1S/C19H16BrCl2F6O4PS/c1-33(34,30-8-18(23,24)25)32-15-14(13-11(21)6-10(20)7-12(13)22)16(29)31-17(15)4-2-9(3-5-17)19(26,27)28/h6-7,9H,2-5,8H2,1H3. The van der Waals surface area contributed by atoms with E-state index in [-0.39, 0.29) is 39.8 Å². The second-order valence-corrected chi connectivity index (χ2v) is 13.6. The van der Waals surface area contributed by atoms with E-state index in [9.17, 15) is 31.1 Å². The highest BCUT2D eigenvalue weighted by atomic mass is 79.9. The van der Waals surface area contributed by atoms with Crippen LogP contribution in [0, 0.1) is 5.92 Å². The van der Waals surface area contributed by atoms with Crippen molar-refractivity contribution in [3.8, 4) is 0 Å². The average Bonchev–Trinajstić information content (AvgIpc) is 2.90. The molecule has 0 amide bonds. The van der Waals surface area contributed by atoms with E-state index in [0.717, 1.165) is 6.66 Å². The normalized spacial score (nSPS) is 25.5. The van der Waals surface area contributed by atoms with Crippen LogP contribution in [0.25, 0.3) is 5.57 Å². The number of hydrogen-bond acceptors (Lipinski definition) is 5. The third kappa shape index (κ3) is 6.24. The molecular weight excluding hydrogens is 620 g/mol. The Balaban J connectivity index is 2.10. The Morgan fingerprint density at radius 1 is 1.18 bits per heavy atom. The molecule has 1 heterocycles. The van der Waals surface area contributed by atoms with Gasteiger partial charge >= 0.3 is 18.3 Å². The van der Waals surface area contributed by atoms with Crippen LogP contribution in [-0.4, -0.2) is 37.2 Å². The zero-order valence-electron chi connectivity index (χ0n) is 17.2. The van der Waals surface area contributed by atoms with Crippen LogP contribution in [0.1, 0.15) is 31.2 Å². The van der Waals surface area contributed by atoms with Crippen molar-refractivity contribution in [2.75, 3.05) is 13.3 Å². The largest absolute Gasteiger partial charge is 0.447 e. The molecule has 4 nitrogen and oxygen atoms in total. The number of ether oxygens (including phenoxy) is 1. The molecule has 1 aliphatic carbocycles. The van der Waals surface area contributed by atoms with E-state index in [2.05, 4.69) is 15.9 Å². The van der Waals surface area contributed by atoms with Crippen molar-refractivity contribution in [2.24, 2.45) is 5.92 Å². The van der Waals surface area contributed by atoms with Crippen molar-refractivity contribution in [3.63, 3.8) is 0 Å². The second kappa shape index (κ2) is 9.74. The summed E-state index contributed by atoms with van der Waals surface area (Å²) in [6.07, 6.45) is -10.5. The smallest absolute Gasteiger partial charge is 0.412 e. The maximum Gasteiger partial charge on any atom is 0.412 e. The minimum absolute atomic E-state index is 0.0194. The molecule has 0 aromatic heterocycles. The maximum atomic E-state index is 13.2. The topological polar surface area (TPSA) is 44.8 Å². The SMILES string of the molecule is CP(=S)(OCC(F)(F)F)OC1=C(c2c(Cl)cc(Br)cc2Cl)C(=O)OC12CCC(C(F)(F)F)CC2. The number of alkyl halides is 6. The molecule has 1 fully saturated rings. The van der Waals surface area contributed by atoms with Gasteiger partial charge in [0, 0.05) is 16.7 Å². The third-order valence-electron chi connectivity index (χ3n) is 5.37. The molecule has 1 saturated carbocycles. The predicted octanol–water partition coefficient (Wildman–Crippen LogP) is 8.05. The number of benzene rings is 1. The molecule has 1 spiro atoms. The van der Waals surface area contributed by atoms with E-state index in [1.54, 1.807) is 0 Å². The van der Waals surface area contributed by atoms with Crippen LogP contribution >= 0.6 is 45.6 Å². The van der Waals surface area contributed by atoms with Gasteiger partial charge in [-0.25, -0.2) is 4.79 Å². The Bertz CT molecular complexity index is 1050. The Morgan fingerprint density at radius 3 is 2.18 bits per heavy atom. The van der Waals surface area contributed by atoms with E-state index < -0.39 is 55.8 Å².